The molecule has 0 unspecified atom stereocenters. The number of hydrogen-bond donors (Lipinski definition) is 1. The molecule has 1 aromatic rings. The summed E-state index contributed by atoms with van der Waals surface area (Å²) < 4.78 is 0. The Morgan fingerprint density at radius 1 is 1.64 bits per heavy atom. The lowest BCUT2D eigenvalue weighted by Crippen LogP contribution is -1.81. The number of hydrogen-bond acceptors (Lipinski definition) is 3. The van der Waals surface area contributed by atoms with Crippen LogP contribution in [0.2, 0.25) is 0 Å². The quantitative estimate of drug-likeness (QED) is 0.548. The van der Waals surface area contributed by atoms with Gasteiger partial charge in [-0.2, -0.15) is 12.6 Å². The van der Waals surface area contributed by atoms with Crippen LogP contribution in [-0.2, 0) is 0 Å². The van der Waals surface area contributed by atoms with Crippen molar-refractivity contribution in [3.8, 4) is 0 Å². The third-order valence-corrected chi connectivity index (χ3v) is 2.34. The molecule has 0 spiro atoms. The largest absolute Gasteiger partial charge is 0.291 e. The average Bonchev–Trinajstić information content (AvgIpc) is 2.37. The van der Waals surface area contributed by atoms with E-state index in [4.69, 9.17) is 0 Å². The molecule has 60 valence electrons. The number of nitrogens with zero attached hydrogens (tertiary/aromatic N) is 1. The molecule has 0 saturated carbocycles. The average molecular weight is 185 g/mol. The molecule has 0 aliphatic rings. The van der Waals surface area contributed by atoms with Gasteiger partial charge >= 0.3 is 0 Å². The second-order valence-electron chi connectivity index (χ2n) is 2.21. The normalized spacial score (nSPS) is 11.1. The zero-order valence-electron chi connectivity index (χ0n) is 6.45. The Morgan fingerprint density at radius 3 is 3.00 bits per heavy atom. The van der Waals surface area contributed by atoms with Crippen molar-refractivity contribution in [1.29, 1.82) is 0 Å². The minimum Gasteiger partial charge on any atom is -0.291 e. The van der Waals surface area contributed by atoms with Crippen molar-refractivity contribution in [2.75, 3.05) is 12.3 Å². The van der Waals surface area contributed by atoms with E-state index in [9.17, 15) is 0 Å². The van der Waals surface area contributed by atoms with Crippen LogP contribution in [0.5, 0.6) is 0 Å². The highest BCUT2D eigenvalue weighted by Gasteiger charge is 1.90. The molecule has 1 aromatic heterocycles. The summed E-state index contributed by atoms with van der Waals surface area (Å²) >= 11 is 5.83. The molecule has 11 heavy (non-hydrogen) atoms. The first kappa shape index (κ1) is 8.81. The topological polar surface area (TPSA) is 12.4 Å². The Balaban J connectivity index is 2.50. The summed E-state index contributed by atoms with van der Waals surface area (Å²) in [6.07, 6.45) is 1.91. The van der Waals surface area contributed by atoms with Crippen LogP contribution in [0.15, 0.2) is 17.1 Å². The third kappa shape index (κ3) is 3.08. The maximum absolute atomic E-state index is 4.18. The smallest absolute Gasteiger partial charge is 0.0478 e. The fourth-order valence-electron chi connectivity index (χ4n) is 0.735. The van der Waals surface area contributed by atoms with E-state index in [1.54, 1.807) is 11.3 Å². The van der Waals surface area contributed by atoms with Gasteiger partial charge in [-0.25, -0.2) is 0 Å². The van der Waals surface area contributed by atoms with E-state index in [2.05, 4.69) is 36.7 Å². The van der Waals surface area contributed by atoms with E-state index in [0.717, 1.165) is 12.3 Å². The van der Waals surface area contributed by atoms with E-state index in [0.29, 0.717) is 0 Å². The molecule has 3 heteroatoms. The van der Waals surface area contributed by atoms with Gasteiger partial charge in [0.15, 0.2) is 0 Å². The van der Waals surface area contributed by atoms with Crippen LogP contribution < -0.4 is 0 Å². The van der Waals surface area contributed by atoms with Crippen LogP contribution in [0.25, 0.3) is 0 Å². The summed E-state index contributed by atoms with van der Waals surface area (Å²) in [5.41, 5.74) is 0. The van der Waals surface area contributed by atoms with Crippen LogP contribution in [-0.4, -0.2) is 18.5 Å². The van der Waals surface area contributed by atoms with Crippen molar-refractivity contribution in [1.82, 2.24) is 0 Å². The minimum absolute atomic E-state index is 0.806. The van der Waals surface area contributed by atoms with Gasteiger partial charge < -0.3 is 0 Å². The maximum atomic E-state index is 4.18. The van der Waals surface area contributed by atoms with Gasteiger partial charge in [0.05, 0.1) is 0 Å². The van der Waals surface area contributed by atoms with Crippen molar-refractivity contribution < 1.29 is 0 Å². The number of aryl methyl sites for hydroxylation is 1. The molecule has 0 N–H and O–H groups in total. The first-order valence-electron chi connectivity index (χ1n) is 3.50. The van der Waals surface area contributed by atoms with Gasteiger partial charge in [-0.15, -0.1) is 11.3 Å². The van der Waals surface area contributed by atoms with Crippen molar-refractivity contribution in [3.05, 3.63) is 21.9 Å². The predicted octanol–water partition coefficient (Wildman–Crippen LogP) is 2.41. The van der Waals surface area contributed by atoms with Crippen LogP contribution in [0.4, 0.5) is 0 Å². The van der Waals surface area contributed by atoms with E-state index in [-0.39, 0.29) is 0 Å². The van der Waals surface area contributed by atoms with Gasteiger partial charge in [-0.1, -0.05) is 0 Å². The molecular weight excluding hydrogens is 174 g/mol. The summed E-state index contributed by atoms with van der Waals surface area (Å²) in [4.78, 5) is 6.74. The van der Waals surface area contributed by atoms with Gasteiger partial charge in [0, 0.05) is 28.3 Å². The Hall–Kier alpha value is -0.280. The Kier molecular flexibility index (Phi) is 3.66. The second-order valence-corrected chi connectivity index (χ2v) is 3.97. The molecule has 0 radical (unpaired) electrons. The van der Waals surface area contributed by atoms with Crippen LogP contribution >= 0.6 is 24.0 Å². The fourth-order valence-corrected chi connectivity index (χ4v) is 1.62. The molecule has 0 atom stereocenters. The molecule has 0 amide bonds. The molecule has 0 fully saturated rings. The van der Waals surface area contributed by atoms with E-state index in [1.165, 1.54) is 9.75 Å². The molecule has 1 rings (SSSR count). The second kappa shape index (κ2) is 4.57. The van der Waals surface area contributed by atoms with Gasteiger partial charge in [-0.05, 0) is 19.1 Å². The zero-order chi connectivity index (χ0) is 8.10. The zero-order valence-corrected chi connectivity index (χ0v) is 8.16. The Morgan fingerprint density at radius 2 is 2.45 bits per heavy atom. The Labute approximate surface area is 76.6 Å². The van der Waals surface area contributed by atoms with Crippen LogP contribution in [0, 0.1) is 6.92 Å². The third-order valence-electron chi connectivity index (χ3n) is 1.21. The number of thiol groups is 1. The first-order chi connectivity index (χ1) is 5.33. The SMILES string of the molecule is Cc1ccc(C=NCCS)s1. The minimum atomic E-state index is 0.806. The number of rotatable bonds is 3. The molecule has 0 saturated heterocycles. The number of thiophene rings is 1. The van der Waals surface area contributed by atoms with Gasteiger partial charge in [0.25, 0.3) is 0 Å². The summed E-state index contributed by atoms with van der Waals surface area (Å²) in [7, 11) is 0. The van der Waals surface area contributed by atoms with Crippen molar-refractivity contribution in [2.24, 2.45) is 4.99 Å². The van der Waals surface area contributed by atoms with Crippen LogP contribution in [0.3, 0.4) is 0 Å². The number of aliphatic imine (C=N–C) groups is 1. The van der Waals surface area contributed by atoms with Gasteiger partial charge in [0.2, 0.25) is 0 Å². The molecule has 1 heterocycles. The molecule has 0 aliphatic carbocycles. The van der Waals surface area contributed by atoms with Crippen LogP contribution in [0.1, 0.15) is 9.75 Å². The fraction of sp³-hybridized carbons (Fsp3) is 0.375. The molecule has 0 aliphatic heterocycles. The standard InChI is InChI=1S/C8H11NS2/c1-7-2-3-8(11-7)6-9-4-5-10/h2-3,6,10H,4-5H2,1H3. The highest BCUT2D eigenvalue weighted by atomic mass is 32.1. The van der Waals surface area contributed by atoms with E-state index < -0.39 is 0 Å². The summed E-state index contributed by atoms with van der Waals surface area (Å²) in [6.45, 7) is 2.90. The molecule has 1 nitrogen and oxygen atoms in total. The van der Waals surface area contributed by atoms with Gasteiger partial charge in [0.1, 0.15) is 0 Å². The van der Waals surface area contributed by atoms with E-state index >= 15 is 0 Å². The first-order valence-corrected chi connectivity index (χ1v) is 4.95. The Bertz CT molecular complexity index is 240. The maximum Gasteiger partial charge on any atom is 0.0478 e. The molecule has 0 aromatic carbocycles. The summed E-state index contributed by atoms with van der Waals surface area (Å²) in [5, 5.41) is 0. The molecule has 0 bridgehead atoms. The monoisotopic (exact) mass is 185 g/mol. The lowest BCUT2D eigenvalue weighted by Gasteiger charge is -1.83. The highest BCUT2D eigenvalue weighted by Crippen LogP contribution is 2.12. The van der Waals surface area contributed by atoms with Crippen molar-refractivity contribution in [2.45, 2.75) is 6.92 Å². The summed E-state index contributed by atoms with van der Waals surface area (Å²) in [6, 6.07) is 4.19. The summed E-state index contributed by atoms with van der Waals surface area (Å²) in [5.74, 6) is 0.820. The van der Waals surface area contributed by atoms with E-state index in [1.807, 2.05) is 6.21 Å². The van der Waals surface area contributed by atoms with Gasteiger partial charge in [-0.3, -0.25) is 4.99 Å². The highest BCUT2D eigenvalue weighted by molar-refractivity contribution is 7.80. The van der Waals surface area contributed by atoms with Crippen molar-refractivity contribution >= 4 is 30.2 Å². The van der Waals surface area contributed by atoms with Crippen molar-refractivity contribution in [3.63, 3.8) is 0 Å². The molecular formula is C8H11NS2. The lowest BCUT2D eigenvalue weighted by molar-refractivity contribution is 1.16. The predicted molar refractivity (Wildman–Crippen MR) is 55.4 cm³/mol. The lowest BCUT2D eigenvalue weighted by atomic mass is 10.4.